The maximum atomic E-state index is 12.1. The number of aryl methyl sites for hydroxylation is 1. The fourth-order valence-corrected chi connectivity index (χ4v) is 4.04. The van der Waals surface area contributed by atoms with E-state index in [1.807, 2.05) is 25.1 Å². The number of halogens is 1. The second kappa shape index (κ2) is 9.24. The van der Waals surface area contributed by atoms with E-state index in [0.29, 0.717) is 5.02 Å². The van der Waals surface area contributed by atoms with E-state index in [1.54, 1.807) is 30.3 Å². The summed E-state index contributed by atoms with van der Waals surface area (Å²) in [5, 5.41) is 3.28. The first-order chi connectivity index (χ1) is 11.9. The van der Waals surface area contributed by atoms with Gasteiger partial charge in [-0.15, -0.1) is 11.8 Å². The molecule has 0 unspecified atom stereocenters. The summed E-state index contributed by atoms with van der Waals surface area (Å²) in [4.78, 5) is 12.8. The SMILES string of the molecule is Cc1ccc(S(=O)(=O)NCCNC(=O)CSc2ccccc2Cl)cc1. The van der Waals surface area contributed by atoms with Gasteiger partial charge in [-0.25, -0.2) is 13.1 Å². The Bertz CT molecular complexity index is 824. The third kappa shape index (κ3) is 6.36. The lowest BCUT2D eigenvalue weighted by atomic mass is 10.2. The van der Waals surface area contributed by atoms with Crippen LogP contribution < -0.4 is 10.0 Å². The van der Waals surface area contributed by atoms with Crippen molar-refractivity contribution in [2.75, 3.05) is 18.8 Å². The molecule has 1 amide bonds. The van der Waals surface area contributed by atoms with E-state index in [-0.39, 0.29) is 29.6 Å². The highest BCUT2D eigenvalue weighted by Gasteiger charge is 2.13. The Morgan fingerprint density at radius 2 is 1.76 bits per heavy atom. The van der Waals surface area contributed by atoms with E-state index in [0.717, 1.165) is 10.5 Å². The molecule has 134 valence electrons. The van der Waals surface area contributed by atoms with Crippen molar-refractivity contribution < 1.29 is 13.2 Å². The summed E-state index contributed by atoms with van der Waals surface area (Å²) in [5.41, 5.74) is 0.988. The minimum Gasteiger partial charge on any atom is -0.354 e. The van der Waals surface area contributed by atoms with Crippen LogP contribution in [0.3, 0.4) is 0 Å². The third-order valence-corrected chi connectivity index (χ3v) is 6.26. The first-order valence-electron chi connectivity index (χ1n) is 7.59. The largest absolute Gasteiger partial charge is 0.354 e. The minimum atomic E-state index is -3.56. The van der Waals surface area contributed by atoms with Crippen molar-refractivity contribution in [1.29, 1.82) is 0 Å². The van der Waals surface area contributed by atoms with E-state index >= 15 is 0 Å². The first-order valence-corrected chi connectivity index (χ1v) is 10.4. The van der Waals surface area contributed by atoms with Crippen molar-refractivity contribution in [1.82, 2.24) is 10.0 Å². The number of thioether (sulfide) groups is 1. The summed E-state index contributed by atoms with van der Waals surface area (Å²) < 4.78 is 26.7. The molecular weight excluding hydrogens is 380 g/mol. The van der Waals surface area contributed by atoms with E-state index in [2.05, 4.69) is 10.0 Å². The molecule has 5 nitrogen and oxygen atoms in total. The second-order valence-electron chi connectivity index (χ2n) is 5.28. The Hall–Kier alpha value is -1.54. The van der Waals surface area contributed by atoms with Gasteiger partial charge in [0, 0.05) is 18.0 Å². The van der Waals surface area contributed by atoms with E-state index in [9.17, 15) is 13.2 Å². The van der Waals surface area contributed by atoms with Crippen LogP contribution in [0.5, 0.6) is 0 Å². The van der Waals surface area contributed by atoms with Gasteiger partial charge in [0.2, 0.25) is 15.9 Å². The second-order valence-corrected chi connectivity index (χ2v) is 8.47. The highest BCUT2D eigenvalue weighted by atomic mass is 35.5. The molecule has 25 heavy (non-hydrogen) atoms. The maximum Gasteiger partial charge on any atom is 0.240 e. The fraction of sp³-hybridized carbons (Fsp3) is 0.235. The summed E-state index contributed by atoms with van der Waals surface area (Å²) in [6, 6.07) is 13.9. The zero-order valence-electron chi connectivity index (χ0n) is 13.7. The van der Waals surface area contributed by atoms with Crippen LogP contribution in [-0.2, 0) is 14.8 Å². The predicted octanol–water partition coefficient (Wildman–Crippen LogP) is 2.84. The minimum absolute atomic E-state index is 0.124. The molecule has 0 aliphatic rings. The number of sulfonamides is 1. The zero-order chi connectivity index (χ0) is 18.3. The van der Waals surface area contributed by atoms with Crippen LogP contribution >= 0.6 is 23.4 Å². The van der Waals surface area contributed by atoms with Gasteiger partial charge in [0.05, 0.1) is 15.7 Å². The van der Waals surface area contributed by atoms with Gasteiger partial charge in [0.25, 0.3) is 0 Å². The van der Waals surface area contributed by atoms with Gasteiger partial charge >= 0.3 is 0 Å². The maximum absolute atomic E-state index is 12.1. The van der Waals surface area contributed by atoms with Crippen LogP contribution in [0, 0.1) is 6.92 Å². The van der Waals surface area contributed by atoms with E-state index in [1.165, 1.54) is 11.8 Å². The number of carbonyl (C=O) groups is 1. The highest BCUT2D eigenvalue weighted by Crippen LogP contribution is 2.26. The van der Waals surface area contributed by atoms with Gasteiger partial charge in [0.1, 0.15) is 0 Å². The first kappa shape index (κ1) is 19.8. The standard InChI is InChI=1S/C17H19ClN2O3S2/c1-13-6-8-14(9-7-13)25(22,23)20-11-10-19-17(21)12-24-16-5-3-2-4-15(16)18/h2-9,20H,10-12H2,1H3,(H,19,21). The number of benzene rings is 2. The van der Waals surface area contributed by atoms with Crippen LogP contribution in [0.15, 0.2) is 58.3 Å². The van der Waals surface area contributed by atoms with Crippen LogP contribution in [-0.4, -0.2) is 33.2 Å². The normalized spacial score (nSPS) is 11.3. The topological polar surface area (TPSA) is 75.3 Å². The molecule has 2 rings (SSSR count). The molecule has 2 aromatic rings. The molecule has 0 radical (unpaired) electrons. The van der Waals surface area contributed by atoms with Crippen LogP contribution in [0.2, 0.25) is 5.02 Å². The third-order valence-electron chi connectivity index (χ3n) is 3.27. The lowest BCUT2D eigenvalue weighted by Gasteiger charge is -2.08. The summed E-state index contributed by atoms with van der Waals surface area (Å²) in [7, 11) is -3.56. The zero-order valence-corrected chi connectivity index (χ0v) is 16.0. The molecule has 0 aliphatic heterocycles. The van der Waals surface area contributed by atoms with Gasteiger partial charge in [-0.3, -0.25) is 4.79 Å². The van der Waals surface area contributed by atoms with Gasteiger partial charge in [-0.05, 0) is 31.2 Å². The molecule has 0 heterocycles. The summed E-state index contributed by atoms with van der Waals surface area (Å²) in [6.45, 7) is 2.23. The molecule has 0 atom stereocenters. The van der Waals surface area contributed by atoms with Crippen molar-refractivity contribution in [3.8, 4) is 0 Å². The van der Waals surface area contributed by atoms with Gasteiger partial charge in [-0.2, -0.15) is 0 Å². The molecule has 0 saturated carbocycles. The molecular formula is C17H19ClN2O3S2. The molecule has 2 aromatic carbocycles. The number of hydrogen-bond acceptors (Lipinski definition) is 4. The Balaban J connectivity index is 1.72. The number of nitrogens with one attached hydrogen (secondary N) is 2. The number of carbonyl (C=O) groups excluding carboxylic acids is 1. The molecule has 2 N–H and O–H groups in total. The number of rotatable bonds is 8. The molecule has 8 heteroatoms. The van der Waals surface area contributed by atoms with Crippen molar-refractivity contribution in [3.63, 3.8) is 0 Å². The lowest BCUT2D eigenvalue weighted by molar-refractivity contribution is -0.118. The average molecular weight is 399 g/mol. The molecule has 0 saturated heterocycles. The van der Waals surface area contributed by atoms with Crippen molar-refractivity contribution >= 4 is 39.3 Å². The molecule has 0 aliphatic carbocycles. The van der Waals surface area contributed by atoms with Gasteiger partial charge < -0.3 is 5.32 Å². The molecule has 0 fully saturated rings. The summed E-state index contributed by atoms with van der Waals surface area (Å²) >= 11 is 7.36. The number of hydrogen-bond donors (Lipinski definition) is 2. The molecule has 0 bridgehead atoms. The van der Waals surface area contributed by atoms with Gasteiger partial charge in [-0.1, -0.05) is 41.4 Å². The predicted molar refractivity (Wildman–Crippen MR) is 102 cm³/mol. The van der Waals surface area contributed by atoms with E-state index in [4.69, 9.17) is 11.6 Å². The smallest absolute Gasteiger partial charge is 0.240 e. The Morgan fingerprint density at radius 1 is 1.08 bits per heavy atom. The lowest BCUT2D eigenvalue weighted by Crippen LogP contribution is -2.35. The van der Waals surface area contributed by atoms with E-state index < -0.39 is 10.0 Å². The fourth-order valence-electron chi connectivity index (χ4n) is 1.94. The summed E-state index contributed by atoms with van der Waals surface area (Å²) in [5.74, 6) is 0.0357. The highest BCUT2D eigenvalue weighted by molar-refractivity contribution is 8.00. The average Bonchev–Trinajstić information content (AvgIpc) is 2.58. The molecule has 0 spiro atoms. The Kier molecular flexibility index (Phi) is 7.31. The Labute approximate surface area is 157 Å². The van der Waals surface area contributed by atoms with Crippen molar-refractivity contribution in [2.24, 2.45) is 0 Å². The van der Waals surface area contributed by atoms with Crippen LogP contribution in [0.1, 0.15) is 5.56 Å². The Morgan fingerprint density at radius 3 is 2.44 bits per heavy atom. The van der Waals surface area contributed by atoms with Gasteiger partial charge in [0.15, 0.2) is 0 Å². The number of amides is 1. The van der Waals surface area contributed by atoms with Crippen molar-refractivity contribution in [3.05, 3.63) is 59.1 Å². The van der Waals surface area contributed by atoms with Crippen LogP contribution in [0.4, 0.5) is 0 Å². The van der Waals surface area contributed by atoms with Crippen molar-refractivity contribution in [2.45, 2.75) is 16.7 Å². The monoisotopic (exact) mass is 398 g/mol. The quantitative estimate of drug-likeness (QED) is 0.529. The summed E-state index contributed by atoms with van der Waals surface area (Å²) in [6.07, 6.45) is 0. The van der Waals surface area contributed by atoms with Crippen LogP contribution in [0.25, 0.3) is 0 Å². The molecule has 0 aromatic heterocycles.